The third-order valence-electron chi connectivity index (χ3n) is 4.40. The minimum Gasteiger partial charge on any atom is -0.463 e. The Balaban J connectivity index is 1.91. The molecular weight excluding hydrogens is 388 g/mol. The second-order valence-electron chi connectivity index (χ2n) is 5.95. The molecule has 1 unspecified atom stereocenters. The van der Waals surface area contributed by atoms with Gasteiger partial charge in [0.1, 0.15) is 6.04 Å². The van der Waals surface area contributed by atoms with E-state index in [9.17, 15) is 9.59 Å². The molecule has 2 aromatic rings. The quantitative estimate of drug-likeness (QED) is 0.777. The number of methoxy groups -OCH3 is 1. The predicted octanol–water partition coefficient (Wildman–Crippen LogP) is 2.85. The van der Waals surface area contributed by atoms with Gasteiger partial charge in [0, 0.05) is 22.2 Å². The molecule has 1 aromatic carbocycles. The number of ketones is 1. The van der Waals surface area contributed by atoms with Gasteiger partial charge in [0.25, 0.3) is 5.82 Å². The molecule has 25 heavy (non-hydrogen) atoms. The van der Waals surface area contributed by atoms with E-state index in [4.69, 9.17) is 4.74 Å². The number of rotatable bonds is 2. The lowest BCUT2D eigenvalue weighted by Crippen LogP contribution is -2.31. The lowest BCUT2D eigenvalue weighted by atomic mass is 9.85. The van der Waals surface area contributed by atoms with Crippen LogP contribution in [0.5, 0.6) is 0 Å². The Morgan fingerprint density at radius 2 is 2.24 bits per heavy atom. The number of allylic oxidation sites excluding steroid dienone is 2. The molecule has 0 amide bonds. The summed E-state index contributed by atoms with van der Waals surface area (Å²) < 4.78 is 7.22. The van der Waals surface area contributed by atoms with E-state index in [1.54, 1.807) is 4.68 Å². The van der Waals surface area contributed by atoms with Crippen LogP contribution in [0.2, 0.25) is 0 Å². The van der Waals surface area contributed by atoms with Crippen LogP contribution >= 0.6 is 15.9 Å². The van der Waals surface area contributed by atoms with Crippen LogP contribution in [-0.2, 0) is 9.53 Å². The number of nitrogens with zero attached hydrogens (tertiary/aromatic N) is 3. The number of aromatic nitrogens is 3. The maximum absolute atomic E-state index is 12.6. The van der Waals surface area contributed by atoms with Crippen molar-refractivity contribution < 1.29 is 14.3 Å². The number of Topliss-reactive ketones (excluding diaryl/α,β-unsaturated/α-hetero) is 1. The van der Waals surface area contributed by atoms with E-state index in [1.165, 1.54) is 7.11 Å². The van der Waals surface area contributed by atoms with Crippen molar-refractivity contribution in [2.45, 2.75) is 25.3 Å². The Morgan fingerprint density at radius 1 is 1.40 bits per heavy atom. The summed E-state index contributed by atoms with van der Waals surface area (Å²) in [4.78, 5) is 28.7. The van der Waals surface area contributed by atoms with Crippen molar-refractivity contribution >= 4 is 33.6 Å². The van der Waals surface area contributed by atoms with Gasteiger partial charge in [-0.2, -0.15) is 4.98 Å². The van der Waals surface area contributed by atoms with Gasteiger partial charge in [-0.25, -0.2) is 9.48 Å². The molecule has 0 saturated heterocycles. The van der Waals surface area contributed by atoms with Crippen LogP contribution in [0.25, 0.3) is 0 Å². The molecule has 1 aliphatic carbocycles. The molecule has 2 aliphatic rings. The monoisotopic (exact) mass is 402 g/mol. The van der Waals surface area contributed by atoms with Gasteiger partial charge in [-0.1, -0.05) is 28.1 Å². The standard InChI is InChI=1S/C17H15BrN4O3/c1-25-16(24)15-20-17-19-11-6-3-7-12(23)13(11)14(22(17)21-15)9-4-2-5-10(18)8-9/h2,4-5,8,14H,3,6-7H2,1H3,(H,19,20,21). The van der Waals surface area contributed by atoms with Crippen molar-refractivity contribution in [2.24, 2.45) is 0 Å². The number of hydrogen-bond acceptors (Lipinski definition) is 6. The first-order valence-corrected chi connectivity index (χ1v) is 8.71. The Labute approximate surface area is 152 Å². The Morgan fingerprint density at radius 3 is 3.00 bits per heavy atom. The molecule has 0 bridgehead atoms. The van der Waals surface area contributed by atoms with Crippen LogP contribution in [-0.4, -0.2) is 33.6 Å². The first kappa shape index (κ1) is 16.0. The fourth-order valence-corrected chi connectivity index (χ4v) is 3.74. The maximum Gasteiger partial charge on any atom is 0.378 e. The molecule has 128 valence electrons. The number of fused-ring (bicyclic) bond motifs is 1. The van der Waals surface area contributed by atoms with Gasteiger partial charge in [-0.15, -0.1) is 5.10 Å². The zero-order valence-corrected chi connectivity index (χ0v) is 15.0. The molecular formula is C17H15BrN4O3. The van der Waals surface area contributed by atoms with Gasteiger partial charge >= 0.3 is 5.97 Å². The van der Waals surface area contributed by atoms with Crippen molar-refractivity contribution in [3.63, 3.8) is 0 Å². The zero-order valence-electron chi connectivity index (χ0n) is 13.5. The minimum absolute atomic E-state index is 0.0303. The highest BCUT2D eigenvalue weighted by molar-refractivity contribution is 9.10. The lowest BCUT2D eigenvalue weighted by molar-refractivity contribution is -0.116. The van der Waals surface area contributed by atoms with E-state index in [-0.39, 0.29) is 11.6 Å². The molecule has 1 aromatic heterocycles. The molecule has 4 rings (SSSR count). The summed E-state index contributed by atoms with van der Waals surface area (Å²) in [6.07, 6.45) is 2.08. The summed E-state index contributed by atoms with van der Waals surface area (Å²) in [6, 6.07) is 7.31. The van der Waals surface area contributed by atoms with E-state index >= 15 is 0 Å². The number of anilines is 1. The van der Waals surface area contributed by atoms with Crippen molar-refractivity contribution in [1.29, 1.82) is 0 Å². The summed E-state index contributed by atoms with van der Waals surface area (Å²) in [5.41, 5.74) is 2.46. The topological polar surface area (TPSA) is 86.1 Å². The van der Waals surface area contributed by atoms with E-state index in [0.717, 1.165) is 28.6 Å². The van der Waals surface area contributed by atoms with Gasteiger partial charge in [-0.05, 0) is 30.5 Å². The summed E-state index contributed by atoms with van der Waals surface area (Å²) in [7, 11) is 1.29. The average molecular weight is 403 g/mol. The Kier molecular flexibility index (Phi) is 3.91. The van der Waals surface area contributed by atoms with Gasteiger partial charge in [0.15, 0.2) is 5.78 Å². The number of benzene rings is 1. The number of carbonyl (C=O) groups is 2. The predicted molar refractivity (Wildman–Crippen MR) is 93.1 cm³/mol. The fraction of sp³-hybridized carbons (Fsp3) is 0.294. The van der Waals surface area contributed by atoms with Crippen molar-refractivity contribution in [3.8, 4) is 0 Å². The van der Waals surface area contributed by atoms with E-state index in [1.807, 2.05) is 24.3 Å². The number of ether oxygens (including phenoxy) is 1. The van der Waals surface area contributed by atoms with Crippen molar-refractivity contribution in [2.75, 3.05) is 12.4 Å². The van der Waals surface area contributed by atoms with Crippen molar-refractivity contribution in [3.05, 3.63) is 51.4 Å². The molecule has 7 nitrogen and oxygen atoms in total. The van der Waals surface area contributed by atoms with Crippen LogP contribution in [0.4, 0.5) is 5.95 Å². The number of hydrogen-bond donors (Lipinski definition) is 1. The minimum atomic E-state index is -0.610. The molecule has 0 radical (unpaired) electrons. The van der Waals surface area contributed by atoms with Gasteiger partial charge < -0.3 is 10.1 Å². The third kappa shape index (κ3) is 2.66. The van der Waals surface area contributed by atoms with Crippen LogP contribution in [0.15, 0.2) is 40.0 Å². The second kappa shape index (κ2) is 6.11. The highest BCUT2D eigenvalue weighted by Gasteiger charge is 2.37. The molecule has 0 spiro atoms. The first-order valence-electron chi connectivity index (χ1n) is 7.92. The highest BCUT2D eigenvalue weighted by Crippen LogP contribution is 2.40. The molecule has 8 heteroatoms. The number of esters is 1. The Bertz CT molecular complexity index is 918. The average Bonchev–Trinajstić information content (AvgIpc) is 3.03. The van der Waals surface area contributed by atoms with Crippen LogP contribution in [0, 0.1) is 0 Å². The normalized spacial score (nSPS) is 19.1. The van der Waals surface area contributed by atoms with E-state index in [0.29, 0.717) is 17.9 Å². The van der Waals surface area contributed by atoms with E-state index < -0.39 is 12.0 Å². The first-order chi connectivity index (χ1) is 12.1. The molecule has 1 atom stereocenters. The van der Waals surface area contributed by atoms with Gasteiger partial charge in [0.2, 0.25) is 5.95 Å². The summed E-state index contributed by atoms with van der Waals surface area (Å²) in [5, 5.41) is 7.47. The molecule has 0 saturated carbocycles. The molecule has 0 fully saturated rings. The van der Waals surface area contributed by atoms with Crippen LogP contribution < -0.4 is 5.32 Å². The number of carbonyl (C=O) groups excluding carboxylic acids is 2. The van der Waals surface area contributed by atoms with Crippen LogP contribution in [0.3, 0.4) is 0 Å². The van der Waals surface area contributed by atoms with Crippen LogP contribution in [0.1, 0.15) is 41.5 Å². The van der Waals surface area contributed by atoms with E-state index in [2.05, 4.69) is 31.3 Å². The SMILES string of the molecule is COC(=O)c1nc2n(n1)C(c1cccc(Br)c1)C1=C(CCCC1=O)N2. The maximum atomic E-state index is 12.6. The number of nitrogens with one attached hydrogen (secondary N) is 1. The number of halogens is 1. The zero-order chi connectivity index (χ0) is 17.6. The molecule has 1 aliphatic heterocycles. The molecule has 1 N–H and O–H groups in total. The summed E-state index contributed by atoms with van der Waals surface area (Å²) in [5.74, 6) is -0.100. The summed E-state index contributed by atoms with van der Waals surface area (Å²) in [6.45, 7) is 0. The highest BCUT2D eigenvalue weighted by atomic mass is 79.9. The second-order valence-corrected chi connectivity index (χ2v) is 6.86. The largest absolute Gasteiger partial charge is 0.463 e. The fourth-order valence-electron chi connectivity index (χ4n) is 3.32. The smallest absolute Gasteiger partial charge is 0.378 e. The molecule has 2 heterocycles. The third-order valence-corrected chi connectivity index (χ3v) is 4.89. The van der Waals surface area contributed by atoms with Gasteiger partial charge in [0.05, 0.1) is 7.11 Å². The van der Waals surface area contributed by atoms with Crippen molar-refractivity contribution in [1.82, 2.24) is 14.8 Å². The Hall–Kier alpha value is -2.48. The lowest BCUT2D eigenvalue weighted by Gasteiger charge is -2.32. The van der Waals surface area contributed by atoms with Gasteiger partial charge in [-0.3, -0.25) is 4.79 Å². The summed E-state index contributed by atoms with van der Waals surface area (Å²) >= 11 is 3.48.